The van der Waals surface area contributed by atoms with E-state index in [2.05, 4.69) is 25.6 Å². The smallest absolute Gasteiger partial charge is 0.198 e. The van der Waals surface area contributed by atoms with Crippen LogP contribution in [0.25, 0.3) is 0 Å². The highest BCUT2D eigenvalue weighted by atomic mass is 32.1. The number of methoxy groups -OCH3 is 4. The van der Waals surface area contributed by atoms with E-state index in [1.807, 2.05) is 48.5 Å². The lowest BCUT2D eigenvalue weighted by Crippen LogP contribution is -2.48. The molecule has 1 saturated carbocycles. The van der Waals surface area contributed by atoms with Gasteiger partial charge in [0.25, 0.3) is 0 Å². The van der Waals surface area contributed by atoms with Crippen molar-refractivity contribution >= 4 is 17.3 Å². The zero-order valence-corrected chi connectivity index (χ0v) is 28.7. The van der Waals surface area contributed by atoms with Gasteiger partial charge in [0.15, 0.2) is 23.7 Å². The SMILES string of the molecule is C=CC[C@]1(COCc2ccccc2)O[C@@H](OC)[C@H](OC(C)=S)[C@@H]1OC.CO[C@@H]1O[C@@]2(COCc3ccccc3)CC(C)[C@@H]1[C@@H]2OC. The summed E-state index contributed by atoms with van der Waals surface area (Å²) in [6.45, 7) is 9.74. The zero-order chi connectivity index (χ0) is 33.2. The molecule has 46 heavy (non-hydrogen) atoms. The highest BCUT2D eigenvalue weighted by Crippen LogP contribution is 2.53. The summed E-state index contributed by atoms with van der Waals surface area (Å²) in [6.07, 6.45) is 1.70. The number of benzene rings is 2. The molecule has 3 aliphatic rings. The largest absolute Gasteiger partial charge is 0.476 e. The van der Waals surface area contributed by atoms with E-state index in [1.165, 1.54) is 5.56 Å². The van der Waals surface area contributed by atoms with Gasteiger partial charge in [0.2, 0.25) is 0 Å². The van der Waals surface area contributed by atoms with Gasteiger partial charge in [-0.1, -0.05) is 73.7 Å². The number of fused-ring (bicyclic) bond motifs is 2. The Morgan fingerprint density at radius 3 is 1.89 bits per heavy atom. The monoisotopic (exact) mass is 658 g/mol. The summed E-state index contributed by atoms with van der Waals surface area (Å²) in [5.74, 6) is 0.814. The molecule has 1 unspecified atom stereocenters. The molecule has 3 fully saturated rings. The Morgan fingerprint density at radius 2 is 1.39 bits per heavy atom. The first-order valence-corrected chi connectivity index (χ1v) is 16.2. The van der Waals surface area contributed by atoms with Crippen molar-refractivity contribution in [2.45, 2.75) is 82.0 Å². The summed E-state index contributed by atoms with van der Waals surface area (Å²) < 4.78 is 52.3. The van der Waals surface area contributed by atoms with Crippen LogP contribution in [-0.4, -0.2) is 88.8 Å². The summed E-state index contributed by atoms with van der Waals surface area (Å²) in [4.78, 5) is 0. The van der Waals surface area contributed by atoms with Crippen molar-refractivity contribution in [2.24, 2.45) is 11.8 Å². The first-order valence-electron chi connectivity index (χ1n) is 15.7. The lowest BCUT2D eigenvalue weighted by atomic mass is 9.92. The number of hydrogen-bond donors (Lipinski definition) is 0. The fourth-order valence-electron chi connectivity index (χ4n) is 7.10. The Labute approximate surface area is 279 Å². The molecule has 2 aromatic rings. The van der Waals surface area contributed by atoms with Crippen LogP contribution in [0.1, 0.15) is 37.8 Å². The van der Waals surface area contributed by atoms with E-state index in [1.54, 1.807) is 41.4 Å². The molecule has 9 atom stereocenters. The van der Waals surface area contributed by atoms with Crippen molar-refractivity contribution in [3.8, 4) is 0 Å². The van der Waals surface area contributed by atoms with Crippen molar-refractivity contribution in [1.29, 1.82) is 0 Å². The van der Waals surface area contributed by atoms with Gasteiger partial charge in [-0.3, -0.25) is 0 Å². The molecule has 2 bridgehead atoms. The van der Waals surface area contributed by atoms with Crippen LogP contribution in [0.3, 0.4) is 0 Å². The third kappa shape index (κ3) is 8.42. The van der Waals surface area contributed by atoms with E-state index >= 15 is 0 Å². The van der Waals surface area contributed by atoms with Crippen molar-refractivity contribution < 1.29 is 42.6 Å². The maximum Gasteiger partial charge on any atom is 0.198 e. The van der Waals surface area contributed by atoms with Crippen LogP contribution >= 0.6 is 12.2 Å². The molecular formula is C36H50O9S. The molecule has 2 aliphatic heterocycles. The fourth-order valence-corrected chi connectivity index (χ4v) is 7.21. The topological polar surface area (TPSA) is 83.1 Å². The Bertz CT molecular complexity index is 1220. The number of rotatable bonds is 15. The maximum atomic E-state index is 6.17. The minimum absolute atomic E-state index is 0.0493. The van der Waals surface area contributed by atoms with Gasteiger partial charge in [-0.05, 0) is 42.1 Å². The van der Waals surface area contributed by atoms with Crippen LogP contribution < -0.4 is 0 Å². The van der Waals surface area contributed by atoms with Gasteiger partial charge < -0.3 is 42.6 Å². The number of ether oxygens (including phenoxy) is 9. The van der Waals surface area contributed by atoms with Crippen LogP contribution in [-0.2, 0) is 55.8 Å². The molecule has 2 heterocycles. The molecule has 10 heteroatoms. The minimum Gasteiger partial charge on any atom is -0.476 e. The van der Waals surface area contributed by atoms with Crippen molar-refractivity contribution in [3.05, 3.63) is 84.4 Å². The first-order chi connectivity index (χ1) is 22.3. The van der Waals surface area contributed by atoms with Gasteiger partial charge in [0.05, 0.1) is 32.5 Å². The summed E-state index contributed by atoms with van der Waals surface area (Å²) >= 11 is 5.08. The van der Waals surface area contributed by atoms with E-state index in [9.17, 15) is 0 Å². The molecule has 0 N–H and O–H groups in total. The van der Waals surface area contributed by atoms with E-state index in [4.69, 9.17) is 54.8 Å². The third-order valence-electron chi connectivity index (χ3n) is 8.97. The lowest BCUT2D eigenvalue weighted by molar-refractivity contribution is -0.216. The van der Waals surface area contributed by atoms with E-state index in [-0.39, 0.29) is 18.0 Å². The fraction of sp³-hybridized carbons (Fsp3) is 0.583. The molecular weight excluding hydrogens is 608 g/mol. The molecule has 9 nitrogen and oxygen atoms in total. The highest BCUT2D eigenvalue weighted by molar-refractivity contribution is 7.80. The lowest BCUT2D eigenvalue weighted by Gasteiger charge is -2.33. The Morgan fingerprint density at radius 1 is 0.826 bits per heavy atom. The molecule has 1 aliphatic carbocycles. The van der Waals surface area contributed by atoms with Crippen LogP contribution in [0, 0.1) is 11.8 Å². The van der Waals surface area contributed by atoms with Crippen LogP contribution in [0.5, 0.6) is 0 Å². The molecule has 0 spiro atoms. The Kier molecular flexibility index (Phi) is 13.7. The van der Waals surface area contributed by atoms with Crippen molar-refractivity contribution in [1.82, 2.24) is 0 Å². The summed E-state index contributed by atoms with van der Waals surface area (Å²) in [6, 6.07) is 20.2. The standard InChI is InChI=1S/C19H26O5S.C17H24O4/c1-5-11-19(13-22-12-15-9-7-6-8-10-15)17(20-3)16(23-14(2)25)18(21-4)24-19;1-12-9-17(11-20-10-13-7-5-4-6-8-13)15(18-2)14(12)16(19-3)21-17/h5-10,16-18H,1,11-13H2,2-4H3;4-8,12,14-16H,9-11H2,1-3H3/t16-,17+,18-,19-;12?,14-,15+,16-,17-/m11/s1. The van der Waals surface area contributed by atoms with Crippen LogP contribution in [0.4, 0.5) is 0 Å². The molecule has 2 saturated heterocycles. The predicted molar refractivity (Wildman–Crippen MR) is 178 cm³/mol. The molecule has 2 aromatic carbocycles. The highest BCUT2D eigenvalue weighted by Gasteiger charge is 2.64. The van der Waals surface area contributed by atoms with Gasteiger partial charge in [0.1, 0.15) is 17.3 Å². The van der Waals surface area contributed by atoms with Crippen molar-refractivity contribution in [2.75, 3.05) is 41.7 Å². The normalized spacial score (nSPS) is 33.0. The van der Waals surface area contributed by atoms with Crippen LogP contribution in [0.15, 0.2) is 73.3 Å². The quantitative estimate of drug-likeness (QED) is 0.171. The van der Waals surface area contributed by atoms with Gasteiger partial charge in [-0.2, -0.15) is 0 Å². The molecule has 254 valence electrons. The molecule has 5 rings (SSSR count). The average Bonchev–Trinajstić information content (AvgIpc) is 3.63. The van der Waals surface area contributed by atoms with Gasteiger partial charge in [-0.25, -0.2) is 0 Å². The molecule has 0 aromatic heterocycles. The summed E-state index contributed by atoms with van der Waals surface area (Å²) in [5, 5.41) is 0.414. The maximum absolute atomic E-state index is 6.17. The van der Waals surface area contributed by atoms with E-state index in [0.717, 1.165) is 12.0 Å². The van der Waals surface area contributed by atoms with E-state index < -0.39 is 24.1 Å². The third-order valence-corrected chi connectivity index (χ3v) is 9.07. The van der Waals surface area contributed by atoms with Crippen molar-refractivity contribution in [3.63, 3.8) is 0 Å². The van der Waals surface area contributed by atoms with Crippen LogP contribution in [0.2, 0.25) is 0 Å². The molecule has 0 amide bonds. The van der Waals surface area contributed by atoms with Gasteiger partial charge >= 0.3 is 0 Å². The number of hydrogen-bond acceptors (Lipinski definition) is 10. The Balaban J connectivity index is 0.000000211. The minimum atomic E-state index is -0.749. The van der Waals surface area contributed by atoms with E-state index in [0.29, 0.717) is 49.7 Å². The Hall–Kier alpha value is -2.25. The second kappa shape index (κ2) is 17.2. The summed E-state index contributed by atoms with van der Waals surface area (Å²) in [5.41, 5.74) is 1.15. The number of thiocarbonyl (C=S) groups is 1. The zero-order valence-electron chi connectivity index (χ0n) is 27.9. The van der Waals surface area contributed by atoms with Gasteiger partial charge in [-0.15, -0.1) is 6.58 Å². The predicted octanol–water partition coefficient (Wildman–Crippen LogP) is 5.88. The molecule has 0 radical (unpaired) electrons. The average molecular weight is 659 g/mol. The van der Waals surface area contributed by atoms with Gasteiger partial charge in [0, 0.05) is 41.3 Å². The second-order valence-corrected chi connectivity index (χ2v) is 12.7. The second-order valence-electron chi connectivity index (χ2n) is 12.2. The first kappa shape index (κ1) is 36.6. The summed E-state index contributed by atoms with van der Waals surface area (Å²) in [7, 11) is 6.64.